The Balaban J connectivity index is 1.13. The Labute approximate surface area is 231 Å². The van der Waals surface area contributed by atoms with E-state index in [9.17, 15) is 9.59 Å². The Morgan fingerprint density at radius 2 is 0.605 bits per heavy atom. The molecule has 0 N–H and O–H groups in total. The summed E-state index contributed by atoms with van der Waals surface area (Å²) in [5.41, 5.74) is 0. The first-order valence-electron chi connectivity index (χ1n) is 16.7. The largest absolute Gasteiger partial charge is 0.446 e. The summed E-state index contributed by atoms with van der Waals surface area (Å²) in [5.74, 6) is 0. The highest BCUT2D eigenvalue weighted by Crippen LogP contribution is 2.34. The van der Waals surface area contributed by atoms with E-state index in [0.717, 1.165) is 77.0 Å². The van der Waals surface area contributed by atoms with E-state index in [2.05, 4.69) is 9.80 Å². The molecule has 0 saturated heterocycles. The van der Waals surface area contributed by atoms with Gasteiger partial charge >= 0.3 is 12.2 Å². The molecule has 0 unspecified atom stereocenters. The number of amides is 2. The van der Waals surface area contributed by atoms with Crippen molar-refractivity contribution in [1.82, 2.24) is 9.80 Å². The number of hydrogen-bond donors (Lipinski definition) is 0. The minimum Gasteiger partial charge on any atom is -0.446 e. The van der Waals surface area contributed by atoms with Gasteiger partial charge in [0.25, 0.3) is 0 Å². The van der Waals surface area contributed by atoms with E-state index >= 15 is 0 Å². The van der Waals surface area contributed by atoms with Crippen LogP contribution in [0.4, 0.5) is 9.59 Å². The van der Waals surface area contributed by atoms with E-state index in [1.54, 1.807) is 0 Å². The molecule has 5 fully saturated rings. The smallest absolute Gasteiger partial charge is 0.410 e. The minimum atomic E-state index is -0.0648. The molecular formula is C32H54N2O4. The topological polar surface area (TPSA) is 59.1 Å². The second kappa shape index (κ2) is 14.3. The van der Waals surface area contributed by atoms with Crippen molar-refractivity contribution in [1.29, 1.82) is 0 Å². The van der Waals surface area contributed by atoms with Crippen LogP contribution < -0.4 is 0 Å². The number of carbonyl (C=O) groups is 2. The van der Waals surface area contributed by atoms with E-state index in [-0.39, 0.29) is 24.4 Å². The molecule has 0 aromatic carbocycles. The number of rotatable bonds is 6. The molecule has 0 aromatic rings. The summed E-state index contributed by atoms with van der Waals surface area (Å²) in [6, 6.07) is 1.45. The second-order valence-corrected chi connectivity index (χ2v) is 13.1. The zero-order chi connectivity index (χ0) is 26.2. The maximum Gasteiger partial charge on any atom is 0.410 e. The lowest BCUT2D eigenvalue weighted by molar-refractivity contribution is -0.0227. The minimum absolute atomic E-state index is 0.0417. The number of hydrogen-bond acceptors (Lipinski definition) is 4. The maximum absolute atomic E-state index is 13.5. The molecule has 6 nitrogen and oxygen atoms in total. The average molecular weight is 531 g/mol. The van der Waals surface area contributed by atoms with Crippen LogP contribution in [-0.2, 0) is 9.47 Å². The highest BCUT2D eigenvalue weighted by atomic mass is 16.6. The van der Waals surface area contributed by atoms with Gasteiger partial charge in [-0.05, 0) is 77.0 Å². The predicted molar refractivity (Wildman–Crippen MR) is 150 cm³/mol. The van der Waals surface area contributed by atoms with Crippen molar-refractivity contribution in [3.63, 3.8) is 0 Å². The van der Waals surface area contributed by atoms with Crippen molar-refractivity contribution in [3.05, 3.63) is 0 Å². The lowest BCUT2D eigenvalue weighted by Crippen LogP contribution is -2.50. The molecule has 2 amide bonds. The van der Waals surface area contributed by atoms with Gasteiger partial charge in [-0.3, -0.25) is 0 Å². The molecule has 6 heteroatoms. The van der Waals surface area contributed by atoms with Gasteiger partial charge in [-0.15, -0.1) is 0 Å². The van der Waals surface area contributed by atoms with Gasteiger partial charge in [-0.1, -0.05) is 77.0 Å². The van der Waals surface area contributed by atoms with Crippen molar-refractivity contribution in [2.45, 2.75) is 190 Å². The molecule has 216 valence electrons. The van der Waals surface area contributed by atoms with Gasteiger partial charge in [0.1, 0.15) is 12.2 Å². The Morgan fingerprint density at radius 1 is 0.368 bits per heavy atom. The molecule has 0 atom stereocenters. The van der Waals surface area contributed by atoms with Crippen molar-refractivity contribution >= 4 is 12.2 Å². The quantitative estimate of drug-likeness (QED) is 0.345. The van der Waals surface area contributed by atoms with E-state index in [1.165, 1.54) is 77.0 Å². The van der Waals surface area contributed by atoms with Crippen molar-refractivity contribution in [2.75, 3.05) is 0 Å². The van der Waals surface area contributed by atoms with E-state index in [1.807, 2.05) is 0 Å². The predicted octanol–water partition coefficient (Wildman–Crippen LogP) is 8.51. The molecule has 0 aliphatic heterocycles. The zero-order valence-corrected chi connectivity index (χ0v) is 24.0. The van der Waals surface area contributed by atoms with Gasteiger partial charge in [0.05, 0.1) is 0 Å². The molecule has 0 radical (unpaired) electrons. The van der Waals surface area contributed by atoms with Gasteiger partial charge in [-0.2, -0.15) is 0 Å². The average Bonchev–Trinajstić information content (AvgIpc) is 2.97. The van der Waals surface area contributed by atoms with E-state index in [0.29, 0.717) is 24.2 Å². The Morgan fingerprint density at radius 3 is 0.842 bits per heavy atom. The molecule has 0 bridgehead atoms. The van der Waals surface area contributed by atoms with Crippen molar-refractivity contribution in [3.8, 4) is 0 Å². The number of ether oxygens (including phenoxy) is 2. The second-order valence-electron chi connectivity index (χ2n) is 13.1. The standard InChI is InChI=1S/C32H54N2O4/c35-31(33(25-13-5-1-6-14-25)26-15-7-2-8-16-26)37-29-21-23-30(24-22-29)38-32(36)34(27-17-9-3-10-18-27)28-19-11-4-12-20-28/h25-30H,1-24H2. The Kier molecular flexibility index (Phi) is 10.5. The van der Waals surface area contributed by atoms with Crippen LogP contribution >= 0.6 is 0 Å². The van der Waals surface area contributed by atoms with Crippen LogP contribution in [0.5, 0.6) is 0 Å². The summed E-state index contributed by atoms with van der Waals surface area (Å²) >= 11 is 0. The summed E-state index contributed by atoms with van der Waals surface area (Å²) in [6.45, 7) is 0. The first-order valence-corrected chi connectivity index (χ1v) is 16.7. The third kappa shape index (κ3) is 7.38. The molecule has 5 aliphatic rings. The lowest BCUT2D eigenvalue weighted by atomic mass is 9.89. The Bertz CT molecular complexity index is 630. The summed E-state index contributed by atoms with van der Waals surface area (Å²) in [4.78, 5) is 31.4. The lowest BCUT2D eigenvalue weighted by Gasteiger charge is -2.42. The van der Waals surface area contributed by atoms with Gasteiger partial charge < -0.3 is 19.3 Å². The summed E-state index contributed by atoms with van der Waals surface area (Å²) in [6.07, 6.45) is 27.1. The van der Waals surface area contributed by atoms with Gasteiger partial charge in [0.2, 0.25) is 0 Å². The summed E-state index contributed by atoms with van der Waals surface area (Å²) in [7, 11) is 0. The van der Waals surface area contributed by atoms with Gasteiger partial charge in [0, 0.05) is 24.2 Å². The third-order valence-corrected chi connectivity index (χ3v) is 10.5. The van der Waals surface area contributed by atoms with Crippen molar-refractivity contribution in [2.24, 2.45) is 0 Å². The number of carbonyl (C=O) groups excluding carboxylic acids is 2. The molecule has 5 saturated carbocycles. The summed E-state index contributed by atoms with van der Waals surface area (Å²) in [5, 5.41) is 0. The summed E-state index contributed by atoms with van der Waals surface area (Å²) < 4.78 is 12.4. The SMILES string of the molecule is O=C(OC1CCC(OC(=O)N(C2CCCCC2)C2CCCCC2)CC1)N(C1CCCCC1)C1CCCCC1. The van der Waals surface area contributed by atoms with Crippen molar-refractivity contribution < 1.29 is 19.1 Å². The van der Waals surface area contributed by atoms with Crippen LogP contribution in [0.2, 0.25) is 0 Å². The fourth-order valence-electron chi connectivity index (χ4n) is 8.30. The highest BCUT2D eigenvalue weighted by molar-refractivity contribution is 5.69. The molecule has 5 aliphatic carbocycles. The van der Waals surface area contributed by atoms with Crippen LogP contribution in [0, 0.1) is 0 Å². The van der Waals surface area contributed by atoms with E-state index < -0.39 is 0 Å². The maximum atomic E-state index is 13.5. The monoisotopic (exact) mass is 530 g/mol. The molecule has 0 aromatic heterocycles. The Hall–Kier alpha value is -1.46. The van der Waals surface area contributed by atoms with Crippen LogP contribution in [0.25, 0.3) is 0 Å². The first kappa shape index (κ1) is 28.1. The van der Waals surface area contributed by atoms with Crippen LogP contribution in [-0.4, -0.2) is 58.4 Å². The first-order chi connectivity index (χ1) is 18.7. The molecular weight excluding hydrogens is 476 g/mol. The number of nitrogens with zero attached hydrogens (tertiary/aromatic N) is 2. The molecule has 38 heavy (non-hydrogen) atoms. The fourth-order valence-corrected chi connectivity index (χ4v) is 8.30. The van der Waals surface area contributed by atoms with Crippen LogP contribution in [0.3, 0.4) is 0 Å². The van der Waals surface area contributed by atoms with Gasteiger partial charge in [-0.25, -0.2) is 9.59 Å². The fraction of sp³-hybridized carbons (Fsp3) is 0.938. The van der Waals surface area contributed by atoms with Gasteiger partial charge in [0.15, 0.2) is 0 Å². The highest BCUT2D eigenvalue weighted by Gasteiger charge is 2.38. The zero-order valence-electron chi connectivity index (χ0n) is 24.0. The normalized spacial score (nSPS) is 28.9. The van der Waals surface area contributed by atoms with Crippen LogP contribution in [0.1, 0.15) is 154 Å². The molecule has 0 heterocycles. The van der Waals surface area contributed by atoms with E-state index in [4.69, 9.17) is 9.47 Å². The van der Waals surface area contributed by atoms with Crippen LogP contribution in [0.15, 0.2) is 0 Å². The molecule has 5 rings (SSSR count). The molecule has 0 spiro atoms. The third-order valence-electron chi connectivity index (χ3n) is 10.5.